The number of hydrogen-bond donors (Lipinski definition) is 0. The summed E-state index contributed by atoms with van der Waals surface area (Å²) in [7, 11) is 0. The molecule has 0 unspecified atom stereocenters. The van der Waals surface area contributed by atoms with Crippen molar-refractivity contribution in [2.75, 3.05) is 37.8 Å². The minimum Gasteiger partial charge on any atom is -0.454 e. The number of Topliss-reactive ketones (excluding diaryl/α,β-unsaturated/α-hetero) is 1. The van der Waals surface area contributed by atoms with Gasteiger partial charge in [-0.15, -0.1) is 0 Å². The number of nitrogens with zero attached hydrogens (tertiary/aromatic N) is 3. The molecule has 3 heterocycles. The van der Waals surface area contributed by atoms with Crippen molar-refractivity contribution in [1.29, 1.82) is 0 Å². The Morgan fingerprint density at radius 2 is 1.85 bits per heavy atom. The number of halogens is 1. The molecule has 7 nitrogen and oxygen atoms in total. The molecular formula is C25H26FN3O4. The van der Waals surface area contributed by atoms with E-state index in [0.717, 1.165) is 24.6 Å². The number of hydrogen-bond acceptors (Lipinski definition) is 6. The molecule has 33 heavy (non-hydrogen) atoms. The Morgan fingerprint density at radius 3 is 2.52 bits per heavy atom. The smallest absolute Gasteiger partial charge is 0.340 e. The van der Waals surface area contributed by atoms with Crippen molar-refractivity contribution in [3.8, 4) is 5.69 Å². The first-order valence-corrected chi connectivity index (χ1v) is 10.8. The fourth-order valence-corrected chi connectivity index (χ4v) is 3.94. The van der Waals surface area contributed by atoms with Crippen molar-refractivity contribution >= 4 is 17.6 Å². The highest BCUT2D eigenvalue weighted by Gasteiger charge is 2.20. The highest BCUT2D eigenvalue weighted by molar-refractivity contribution is 6.00. The Kier molecular flexibility index (Phi) is 6.55. The number of ketones is 1. The van der Waals surface area contributed by atoms with Crippen LogP contribution in [0.2, 0.25) is 0 Å². The molecule has 0 saturated carbocycles. The van der Waals surface area contributed by atoms with Crippen LogP contribution in [-0.2, 0) is 9.47 Å². The molecular weight excluding hydrogens is 425 g/mol. The first-order chi connectivity index (χ1) is 15.8. The highest BCUT2D eigenvalue weighted by Crippen LogP contribution is 2.23. The summed E-state index contributed by atoms with van der Waals surface area (Å²) < 4.78 is 26.4. The predicted octanol–water partition coefficient (Wildman–Crippen LogP) is 3.81. The van der Waals surface area contributed by atoms with Crippen molar-refractivity contribution in [3.63, 3.8) is 0 Å². The average Bonchev–Trinajstić information content (AvgIpc) is 3.13. The van der Waals surface area contributed by atoms with Crippen LogP contribution in [-0.4, -0.2) is 54.2 Å². The molecule has 1 aliphatic heterocycles. The van der Waals surface area contributed by atoms with E-state index in [4.69, 9.17) is 9.47 Å². The zero-order valence-corrected chi connectivity index (χ0v) is 18.9. The lowest BCUT2D eigenvalue weighted by Gasteiger charge is -2.27. The molecule has 1 saturated heterocycles. The number of anilines is 1. The molecule has 8 heteroatoms. The Hall–Kier alpha value is -3.52. The van der Waals surface area contributed by atoms with Gasteiger partial charge in [0.25, 0.3) is 0 Å². The van der Waals surface area contributed by atoms with E-state index < -0.39 is 12.6 Å². The lowest BCUT2D eigenvalue weighted by molar-refractivity contribution is 0.0474. The molecule has 1 aliphatic rings. The van der Waals surface area contributed by atoms with Crippen LogP contribution in [0.15, 0.2) is 42.6 Å². The second-order valence-corrected chi connectivity index (χ2v) is 8.06. The van der Waals surface area contributed by atoms with Crippen LogP contribution in [0.3, 0.4) is 0 Å². The summed E-state index contributed by atoms with van der Waals surface area (Å²) in [5.74, 6) is -0.479. The summed E-state index contributed by atoms with van der Waals surface area (Å²) in [6, 6.07) is 10.1. The largest absolute Gasteiger partial charge is 0.454 e. The third kappa shape index (κ3) is 4.80. The molecule has 0 radical (unpaired) electrons. The van der Waals surface area contributed by atoms with E-state index in [1.54, 1.807) is 44.2 Å². The van der Waals surface area contributed by atoms with Crippen LogP contribution in [0.5, 0.6) is 0 Å². The number of rotatable bonds is 6. The van der Waals surface area contributed by atoms with Crippen molar-refractivity contribution < 1.29 is 23.5 Å². The third-order valence-corrected chi connectivity index (χ3v) is 5.80. The monoisotopic (exact) mass is 451 g/mol. The van der Waals surface area contributed by atoms with Crippen molar-refractivity contribution in [1.82, 2.24) is 9.55 Å². The zero-order valence-electron chi connectivity index (χ0n) is 18.9. The van der Waals surface area contributed by atoms with Crippen LogP contribution in [0.25, 0.3) is 5.69 Å². The average molecular weight is 451 g/mol. The van der Waals surface area contributed by atoms with Crippen molar-refractivity contribution in [2.24, 2.45) is 0 Å². The molecule has 2 aromatic heterocycles. The zero-order chi connectivity index (χ0) is 23.5. The summed E-state index contributed by atoms with van der Waals surface area (Å²) in [5, 5.41) is 0. The van der Waals surface area contributed by atoms with Gasteiger partial charge in [0, 0.05) is 41.9 Å². The maximum Gasteiger partial charge on any atom is 0.340 e. The molecule has 172 valence electrons. The minimum absolute atomic E-state index is 0.278. The molecule has 1 aromatic carbocycles. The first kappa shape index (κ1) is 22.7. The van der Waals surface area contributed by atoms with Crippen LogP contribution < -0.4 is 4.90 Å². The van der Waals surface area contributed by atoms with Gasteiger partial charge in [-0.25, -0.2) is 14.2 Å². The van der Waals surface area contributed by atoms with E-state index in [0.29, 0.717) is 35.7 Å². The molecule has 3 aromatic rings. The number of esters is 1. The van der Waals surface area contributed by atoms with Crippen molar-refractivity contribution in [3.05, 3.63) is 76.5 Å². The van der Waals surface area contributed by atoms with Crippen LogP contribution >= 0.6 is 0 Å². The number of aryl methyl sites for hydroxylation is 2. The van der Waals surface area contributed by atoms with Gasteiger partial charge in [0.2, 0.25) is 5.78 Å². The van der Waals surface area contributed by atoms with Crippen LogP contribution in [0.1, 0.15) is 37.7 Å². The second kappa shape index (κ2) is 9.54. The molecule has 1 fully saturated rings. The van der Waals surface area contributed by atoms with Crippen LogP contribution in [0.4, 0.5) is 10.2 Å². The maximum absolute atomic E-state index is 14.0. The molecule has 0 aliphatic carbocycles. The Morgan fingerprint density at radius 1 is 1.09 bits per heavy atom. The topological polar surface area (TPSA) is 73.7 Å². The second-order valence-electron chi connectivity index (χ2n) is 8.06. The molecule has 0 atom stereocenters. The number of morpholine rings is 1. The van der Waals surface area contributed by atoms with E-state index >= 15 is 0 Å². The highest BCUT2D eigenvalue weighted by atomic mass is 19.1. The third-order valence-electron chi connectivity index (χ3n) is 5.80. The summed E-state index contributed by atoms with van der Waals surface area (Å²) in [4.78, 5) is 31.6. The number of aromatic nitrogens is 2. The predicted molar refractivity (Wildman–Crippen MR) is 122 cm³/mol. The number of benzene rings is 1. The van der Waals surface area contributed by atoms with Gasteiger partial charge in [-0.05, 0) is 56.7 Å². The van der Waals surface area contributed by atoms with E-state index in [1.165, 1.54) is 12.3 Å². The molecule has 4 rings (SSSR count). The summed E-state index contributed by atoms with van der Waals surface area (Å²) in [6.45, 7) is 7.72. The lowest BCUT2D eigenvalue weighted by atomic mass is 10.1. The fraction of sp³-hybridized carbons (Fsp3) is 0.320. The number of carbonyl (C=O) groups is 2. The lowest BCUT2D eigenvalue weighted by Crippen LogP contribution is -2.36. The van der Waals surface area contributed by atoms with Gasteiger partial charge in [0.1, 0.15) is 11.6 Å². The standard InChI is InChI=1S/C25H26FN3O4/c1-16-4-6-20(13-22(16)26)29-17(2)12-21(18(29)3)23(30)15-33-25(31)19-5-7-24(27-14-19)28-8-10-32-11-9-28/h4-7,12-14H,8-11,15H2,1-3H3. The van der Waals surface area contributed by atoms with E-state index in [1.807, 2.05) is 11.5 Å². The van der Waals surface area contributed by atoms with E-state index in [-0.39, 0.29) is 17.2 Å². The maximum atomic E-state index is 14.0. The summed E-state index contributed by atoms with van der Waals surface area (Å²) in [5.41, 5.74) is 3.34. The van der Waals surface area contributed by atoms with Gasteiger partial charge >= 0.3 is 5.97 Å². The normalized spacial score (nSPS) is 13.8. The SMILES string of the molecule is Cc1ccc(-n2c(C)cc(C(=O)COC(=O)c3ccc(N4CCOCC4)nc3)c2C)cc1F. The van der Waals surface area contributed by atoms with E-state index in [2.05, 4.69) is 9.88 Å². The molecule has 0 N–H and O–H groups in total. The summed E-state index contributed by atoms with van der Waals surface area (Å²) >= 11 is 0. The molecule has 0 bridgehead atoms. The number of ether oxygens (including phenoxy) is 2. The van der Waals surface area contributed by atoms with Crippen molar-refractivity contribution in [2.45, 2.75) is 20.8 Å². The first-order valence-electron chi connectivity index (χ1n) is 10.8. The van der Waals surface area contributed by atoms with Gasteiger partial charge in [-0.3, -0.25) is 4.79 Å². The number of carbonyl (C=O) groups excluding carboxylic acids is 2. The van der Waals surface area contributed by atoms with Gasteiger partial charge in [0.15, 0.2) is 6.61 Å². The van der Waals surface area contributed by atoms with Gasteiger partial charge in [-0.2, -0.15) is 0 Å². The van der Waals surface area contributed by atoms with E-state index in [9.17, 15) is 14.0 Å². The molecule has 0 amide bonds. The Balaban J connectivity index is 1.42. The van der Waals surface area contributed by atoms with Gasteiger partial charge in [-0.1, -0.05) is 6.07 Å². The molecule has 0 spiro atoms. The fourth-order valence-electron chi connectivity index (χ4n) is 3.94. The van der Waals surface area contributed by atoms with Gasteiger partial charge in [0.05, 0.1) is 18.8 Å². The minimum atomic E-state index is -0.612. The Labute approximate surface area is 191 Å². The number of pyridine rings is 1. The summed E-state index contributed by atoms with van der Waals surface area (Å²) in [6.07, 6.45) is 1.45. The van der Waals surface area contributed by atoms with Gasteiger partial charge < -0.3 is 18.9 Å². The van der Waals surface area contributed by atoms with Crippen LogP contribution in [0, 0.1) is 26.6 Å². The Bertz CT molecular complexity index is 1180. The quantitative estimate of drug-likeness (QED) is 0.419.